The molecule has 0 radical (unpaired) electrons. The number of urea groups is 1. The van der Waals surface area contributed by atoms with Crippen LogP contribution in [0.4, 0.5) is 10.6 Å². The van der Waals surface area contributed by atoms with Crippen molar-refractivity contribution in [2.75, 3.05) is 25.3 Å². The van der Waals surface area contributed by atoms with E-state index in [0.717, 1.165) is 24.4 Å². The summed E-state index contributed by atoms with van der Waals surface area (Å²) < 4.78 is 0. The molecular formula is C15H24N4OS. The summed E-state index contributed by atoms with van der Waals surface area (Å²) >= 11 is 1.89. The first-order valence-corrected chi connectivity index (χ1v) is 8.57. The molecule has 1 aliphatic carbocycles. The highest BCUT2D eigenvalue weighted by Gasteiger charge is 2.24. The highest BCUT2D eigenvalue weighted by molar-refractivity contribution is 7.99. The molecule has 2 atom stereocenters. The van der Waals surface area contributed by atoms with Crippen molar-refractivity contribution in [2.45, 2.75) is 37.1 Å². The summed E-state index contributed by atoms with van der Waals surface area (Å²) in [5.41, 5.74) is 0.866. The lowest BCUT2D eigenvalue weighted by atomic mass is 10.2. The van der Waals surface area contributed by atoms with Crippen LogP contribution in [0, 0.1) is 0 Å². The summed E-state index contributed by atoms with van der Waals surface area (Å²) in [6.45, 7) is 0.451. The second-order valence-electron chi connectivity index (χ2n) is 5.58. The zero-order chi connectivity index (χ0) is 15.2. The summed E-state index contributed by atoms with van der Waals surface area (Å²) in [4.78, 5) is 18.3. The molecule has 1 aromatic heterocycles. The fourth-order valence-corrected chi connectivity index (χ4v) is 3.30. The molecule has 1 fully saturated rings. The zero-order valence-corrected chi connectivity index (χ0v) is 13.7. The van der Waals surface area contributed by atoms with Gasteiger partial charge in [-0.2, -0.15) is 11.8 Å². The van der Waals surface area contributed by atoms with Crippen molar-refractivity contribution in [3.8, 4) is 0 Å². The van der Waals surface area contributed by atoms with Gasteiger partial charge in [0.1, 0.15) is 5.82 Å². The molecule has 0 spiro atoms. The van der Waals surface area contributed by atoms with Gasteiger partial charge in [0, 0.05) is 25.4 Å². The monoisotopic (exact) mass is 308 g/mol. The second kappa shape index (κ2) is 7.54. The summed E-state index contributed by atoms with van der Waals surface area (Å²) in [5, 5.41) is 6.62. The van der Waals surface area contributed by atoms with E-state index in [0.29, 0.717) is 17.8 Å². The fourth-order valence-electron chi connectivity index (χ4n) is 2.51. The Labute approximate surface area is 130 Å². The zero-order valence-electron chi connectivity index (χ0n) is 12.9. The highest BCUT2D eigenvalue weighted by atomic mass is 32.2. The van der Waals surface area contributed by atoms with Crippen LogP contribution in [0.5, 0.6) is 0 Å². The predicted octanol–water partition coefficient (Wildman–Crippen LogP) is 2.23. The quantitative estimate of drug-likeness (QED) is 0.876. The maximum atomic E-state index is 11.9. The van der Waals surface area contributed by atoms with Gasteiger partial charge in [-0.3, -0.25) is 0 Å². The van der Waals surface area contributed by atoms with Gasteiger partial charge < -0.3 is 15.5 Å². The van der Waals surface area contributed by atoms with E-state index in [4.69, 9.17) is 0 Å². The minimum Gasteiger partial charge on any atom is -0.363 e. The lowest BCUT2D eigenvalue weighted by Crippen LogP contribution is -2.40. The number of amides is 2. The number of nitrogens with one attached hydrogen (secondary N) is 2. The molecule has 0 unspecified atom stereocenters. The lowest BCUT2D eigenvalue weighted by molar-refractivity contribution is 0.236. The maximum Gasteiger partial charge on any atom is 0.315 e. The maximum absolute atomic E-state index is 11.9. The van der Waals surface area contributed by atoms with Crippen molar-refractivity contribution in [1.82, 2.24) is 15.6 Å². The van der Waals surface area contributed by atoms with Gasteiger partial charge in [-0.05, 0) is 37.7 Å². The number of carbonyl (C=O) groups excluding carboxylic acids is 1. The fraction of sp³-hybridized carbons (Fsp3) is 0.600. The Morgan fingerprint density at radius 2 is 2.24 bits per heavy atom. The van der Waals surface area contributed by atoms with Crippen molar-refractivity contribution in [2.24, 2.45) is 0 Å². The number of carbonyl (C=O) groups is 1. The topological polar surface area (TPSA) is 57.3 Å². The van der Waals surface area contributed by atoms with Crippen LogP contribution in [-0.4, -0.2) is 42.7 Å². The SMILES string of the molecule is CS[C@@H]1CC[C@H](NC(=O)NCc2cccc(N(C)C)n2)C1. The van der Waals surface area contributed by atoms with Gasteiger partial charge >= 0.3 is 6.03 Å². The van der Waals surface area contributed by atoms with Crippen LogP contribution >= 0.6 is 11.8 Å². The Morgan fingerprint density at radius 3 is 2.90 bits per heavy atom. The minimum atomic E-state index is -0.0983. The smallest absolute Gasteiger partial charge is 0.315 e. The Hall–Kier alpha value is -1.43. The molecule has 5 nitrogen and oxygen atoms in total. The molecular weight excluding hydrogens is 284 g/mol. The number of anilines is 1. The molecule has 1 saturated carbocycles. The van der Waals surface area contributed by atoms with Crippen LogP contribution < -0.4 is 15.5 Å². The summed E-state index contributed by atoms with van der Waals surface area (Å²) in [6.07, 6.45) is 5.48. The first kappa shape index (κ1) is 15.9. The van der Waals surface area contributed by atoms with Crippen LogP contribution in [0.15, 0.2) is 18.2 Å². The van der Waals surface area contributed by atoms with E-state index < -0.39 is 0 Å². The molecule has 1 aromatic rings. The first-order chi connectivity index (χ1) is 10.1. The van der Waals surface area contributed by atoms with Crippen LogP contribution in [-0.2, 0) is 6.54 Å². The van der Waals surface area contributed by atoms with Gasteiger partial charge in [-0.25, -0.2) is 9.78 Å². The number of nitrogens with zero attached hydrogens (tertiary/aromatic N) is 2. The Kier molecular flexibility index (Phi) is 5.73. The Balaban J connectivity index is 1.77. The van der Waals surface area contributed by atoms with Crippen molar-refractivity contribution in [3.05, 3.63) is 23.9 Å². The third-order valence-electron chi connectivity index (χ3n) is 3.73. The minimum absolute atomic E-state index is 0.0983. The number of hydrogen-bond acceptors (Lipinski definition) is 4. The summed E-state index contributed by atoms with van der Waals surface area (Å²) in [7, 11) is 3.91. The predicted molar refractivity (Wildman–Crippen MR) is 88.9 cm³/mol. The van der Waals surface area contributed by atoms with Crippen LogP contribution in [0.1, 0.15) is 25.0 Å². The van der Waals surface area contributed by atoms with Gasteiger partial charge in [0.15, 0.2) is 0 Å². The summed E-state index contributed by atoms with van der Waals surface area (Å²) in [5.74, 6) is 0.897. The molecule has 0 bridgehead atoms. The number of thioether (sulfide) groups is 1. The molecule has 21 heavy (non-hydrogen) atoms. The molecule has 2 rings (SSSR count). The van der Waals surface area contributed by atoms with Crippen LogP contribution in [0.3, 0.4) is 0 Å². The molecule has 2 N–H and O–H groups in total. The van der Waals surface area contributed by atoms with Crippen LogP contribution in [0.2, 0.25) is 0 Å². The Bertz CT molecular complexity index is 480. The second-order valence-corrected chi connectivity index (χ2v) is 6.71. The first-order valence-electron chi connectivity index (χ1n) is 7.29. The average Bonchev–Trinajstić information content (AvgIpc) is 2.93. The van der Waals surface area contributed by atoms with E-state index in [1.807, 2.05) is 49.0 Å². The lowest BCUT2D eigenvalue weighted by Gasteiger charge is -2.15. The number of pyridine rings is 1. The number of hydrogen-bond donors (Lipinski definition) is 2. The average molecular weight is 308 g/mol. The van der Waals surface area contributed by atoms with Gasteiger partial charge in [0.05, 0.1) is 12.2 Å². The molecule has 0 saturated heterocycles. The van der Waals surface area contributed by atoms with Gasteiger partial charge in [-0.1, -0.05) is 6.07 Å². The number of aromatic nitrogens is 1. The third kappa shape index (κ3) is 4.81. The molecule has 0 aliphatic heterocycles. The molecule has 116 valence electrons. The molecule has 0 aromatic carbocycles. The van der Waals surface area contributed by atoms with Crippen molar-refractivity contribution >= 4 is 23.6 Å². The normalized spacial score (nSPS) is 21.1. The standard InChI is InChI=1S/C15H24N4OS/c1-19(2)14-6-4-5-12(17-14)10-16-15(20)18-11-7-8-13(9-11)21-3/h4-6,11,13H,7-10H2,1-3H3,(H2,16,18,20)/t11-,13+/m0/s1. The largest absolute Gasteiger partial charge is 0.363 e. The Morgan fingerprint density at radius 1 is 1.43 bits per heavy atom. The van der Waals surface area contributed by atoms with Gasteiger partial charge in [-0.15, -0.1) is 0 Å². The highest BCUT2D eigenvalue weighted by Crippen LogP contribution is 2.27. The van der Waals surface area contributed by atoms with E-state index >= 15 is 0 Å². The van der Waals surface area contributed by atoms with E-state index in [2.05, 4.69) is 21.9 Å². The molecule has 1 aliphatic rings. The molecule has 6 heteroatoms. The van der Waals surface area contributed by atoms with E-state index in [1.54, 1.807) is 0 Å². The van der Waals surface area contributed by atoms with Crippen molar-refractivity contribution < 1.29 is 4.79 Å². The van der Waals surface area contributed by atoms with Gasteiger partial charge in [0.2, 0.25) is 0 Å². The molecule has 1 heterocycles. The van der Waals surface area contributed by atoms with Crippen LogP contribution in [0.25, 0.3) is 0 Å². The summed E-state index contributed by atoms with van der Waals surface area (Å²) in [6, 6.07) is 6.04. The van der Waals surface area contributed by atoms with E-state index in [1.165, 1.54) is 6.42 Å². The van der Waals surface area contributed by atoms with Crippen molar-refractivity contribution in [1.29, 1.82) is 0 Å². The van der Waals surface area contributed by atoms with E-state index in [9.17, 15) is 4.79 Å². The van der Waals surface area contributed by atoms with E-state index in [-0.39, 0.29) is 6.03 Å². The van der Waals surface area contributed by atoms with Gasteiger partial charge in [0.25, 0.3) is 0 Å². The van der Waals surface area contributed by atoms with Crippen molar-refractivity contribution in [3.63, 3.8) is 0 Å². The number of rotatable bonds is 5. The molecule has 2 amide bonds. The third-order valence-corrected chi connectivity index (χ3v) is 4.83.